The molecule has 2 aliphatic rings. The molecule has 2 nitrogen and oxygen atoms in total. The van der Waals surface area contributed by atoms with Crippen molar-refractivity contribution in [3.63, 3.8) is 0 Å². The Bertz CT molecular complexity index is 174. The Balaban J connectivity index is 1.81. The molecule has 2 fully saturated rings. The fraction of sp³-hybridized carbons (Fsp3) is 1.00. The predicted molar refractivity (Wildman–Crippen MR) is 61.7 cm³/mol. The van der Waals surface area contributed by atoms with Crippen LogP contribution in [-0.4, -0.2) is 35.3 Å². The highest BCUT2D eigenvalue weighted by atomic mass is 32.2. The normalized spacial score (nSPS) is 39.6. The lowest BCUT2D eigenvalue weighted by molar-refractivity contribution is -0.00447. The molecule has 0 aromatic carbocycles. The van der Waals surface area contributed by atoms with Gasteiger partial charge in [-0.15, -0.1) is 0 Å². The summed E-state index contributed by atoms with van der Waals surface area (Å²) in [6, 6.07) is 0. The number of rotatable bonds is 2. The third-order valence-corrected chi connectivity index (χ3v) is 4.66. The molecule has 14 heavy (non-hydrogen) atoms. The number of hydrogen-bond acceptors (Lipinski definition) is 3. The third kappa shape index (κ3) is 2.88. The van der Waals surface area contributed by atoms with Crippen molar-refractivity contribution >= 4 is 11.8 Å². The van der Waals surface area contributed by atoms with E-state index in [0.29, 0.717) is 0 Å². The van der Waals surface area contributed by atoms with Crippen LogP contribution in [0.15, 0.2) is 0 Å². The summed E-state index contributed by atoms with van der Waals surface area (Å²) < 4.78 is 0. The van der Waals surface area contributed by atoms with Crippen LogP contribution in [0.25, 0.3) is 0 Å². The van der Waals surface area contributed by atoms with Gasteiger partial charge in [-0.05, 0) is 56.1 Å². The maximum Gasteiger partial charge on any atom is 0.0775 e. The van der Waals surface area contributed by atoms with Gasteiger partial charge in [-0.2, -0.15) is 11.8 Å². The van der Waals surface area contributed by atoms with Crippen molar-refractivity contribution in [3.05, 3.63) is 0 Å². The molecule has 2 saturated heterocycles. The Morgan fingerprint density at radius 2 is 2.36 bits per heavy atom. The summed E-state index contributed by atoms with van der Waals surface area (Å²) in [5.74, 6) is 3.36. The number of aliphatic hydroxyl groups is 1. The molecule has 0 bridgehead atoms. The molecule has 82 valence electrons. The number of thioether (sulfide) groups is 1. The van der Waals surface area contributed by atoms with E-state index in [1.54, 1.807) is 0 Å². The molecule has 3 heteroatoms. The third-order valence-electron chi connectivity index (χ3n) is 3.37. The zero-order chi connectivity index (χ0) is 9.86. The lowest BCUT2D eigenvalue weighted by Crippen LogP contribution is -2.47. The summed E-state index contributed by atoms with van der Waals surface area (Å²) in [5.41, 5.74) is -0.388. The van der Waals surface area contributed by atoms with Crippen LogP contribution in [0, 0.1) is 5.92 Å². The number of β-amino-alcohol motifs (C(OH)–C–C–N with tert-alkyl or cyclic N) is 1. The van der Waals surface area contributed by atoms with Crippen molar-refractivity contribution in [2.75, 3.05) is 24.6 Å². The average molecular weight is 215 g/mol. The van der Waals surface area contributed by atoms with E-state index in [0.717, 1.165) is 38.3 Å². The van der Waals surface area contributed by atoms with E-state index in [9.17, 15) is 5.11 Å². The van der Waals surface area contributed by atoms with Crippen LogP contribution < -0.4 is 5.32 Å². The standard InChI is InChI=1S/C11H21NOS/c13-11(4-2-5-12-9-11)7-10-3-1-6-14-8-10/h10,12-13H,1-9H2. The second-order valence-electron chi connectivity index (χ2n) is 4.79. The van der Waals surface area contributed by atoms with Crippen LogP contribution in [0.2, 0.25) is 0 Å². The summed E-state index contributed by atoms with van der Waals surface area (Å²) in [7, 11) is 0. The van der Waals surface area contributed by atoms with E-state index < -0.39 is 0 Å². The molecule has 2 unspecified atom stereocenters. The molecule has 2 aliphatic heterocycles. The number of hydrogen-bond donors (Lipinski definition) is 2. The van der Waals surface area contributed by atoms with Gasteiger partial charge in [0.05, 0.1) is 5.60 Å². The maximum absolute atomic E-state index is 10.4. The summed E-state index contributed by atoms with van der Waals surface area (Å²) in [6.07, 6.45) is 5.83. The van der Waals surface area contributed by atoms with Crippen LogP contribution >= 0.6 is 11.8 Å². The lowest BCUT2D eigenvalue weighted by atomic mass is 9.83. The minimum Gasteiger partial charge on any atom is -0.389 e. The zero-order valence-corrected chi connectivity index (χ0v) is 9.61. The Morgan fingerprint density at radius 1 is 1.43 bits per heavy atom. The second kappa shape index (κ2) is 4.86. The number of piperidine rings is 1. The van der Waals surface area contributed by atoms with Gasteiger partial charge < -0.3 is 10.4 Å². The smallest absolute Gasteiger partial charge is 0.0775 e. The highest BCUT2D eigenvalue weighted by Crippen LogP contribution is 2.32. The molecule has 0 aromatic heterocycles. The van der Waals surface area contributed by atoms with Crippen LogP contribution in [0.4, 0.5) is 0 Å². The van der Waals surface area contributed by atoms with Crippen molar-refractivity contribution < 1.29 is 5.11 Å². The lowest BCUT2D eigenvalue weighted by Gasteiger charge is -2.36. The Morgan fingerprint density at radius 3 is 3.00 bits per heavy atom. The summed E-state index contributed by atoms with van der Waals surface area (Å²) in [5, 5.41) is 13.7. The molecule has 2 atom stereocenters. The predicted octanol–water partition coefficient (Wildman–Crippen LogP) is 1.63. The zero-order valence-electron chi connectivity index (χ0n) is 8.80. The first-order valence-corrected chi connectivity index (χ1v) is 6.95. The van der Waals surface area contributed by atoms with Crippen LogP contribution in [-0.2, 0) is 0 Å². The molecule has 0 aliphatic carbocycles. The van der Waals surface area contributed by atoms with Crippen molar-refractivity contribution in [3.8, 4) is 0 Å². The summed E-state index contributed by atoms with van der Waals surface area (Å²) >= 11 is 2.06. The van der Waals surface area contributed by atoms with Gasteiger partial charge in [-0.25, -0.2) is 0 Å². The van der Waals surface area contributed by atoms with E-state index in [1.807, 2.05) is 0 Å². The Labute approximate surface area is 90.8 Å². The monoisotopic (exact) mass is 215 g/mol. The van der Waals surface area contributed by atoms with Crippen LogP contribution in [0.3, 0.4) is 0 Å². The number of nitrogens with one attached hydrogen (secondary N) is 1. The molecule has 0 aromatic rings. The van der Waals surface area contributed by atoms with E-state index in [4.69, 9.17) is 0 Å². The van der Waals surface area contributed by atoms with Gasteiger partial charge in [0.1, 0.15) is 0 Å². The minimum absolute atomic E-state index is 0.388. The van der Waals surface area contributed by atoms with E-state index in [1.165, 1.54) is 24.3 Å². The first-order chi connectivity index (χ1) is 6.79. The second-order valence-corrected chi connectivity index (χ2v) is 5.94. The quantitative estimate of drug-likeness (QED) is 0.734. The molecular weight excluding hydrogens is 194 g/mol. The molecule has 2 heterocycles. The molecule has 2 N–H and O–H groups in total. The molecule has 0 radical (unpaired) electrons. The Hall–Kier alpha value is 0.270. The highest BCUT2D eigenvalue weighted by molar-refractivity contribution is 7.99. The average Bonchev–Trinajstić information content (AvgIpc) is 2.19. The highest BCUT2D eigenvalue weighted by Gasteiger charge is 2.32. The van der Waals surface area contributed by atoms with Gasteiger partial charge in [0, 0.05) is 6.54 Å². The van der Waals surface area contributed by atoms with Crippen LogP contribution in [0.1, 0.15) is 32.1 Å². The van der Waals surface area contributed by atoms with Crippen molar-refractivity contribution in [1.29, 1.82) is 0 Å². The topological polar surface area (TPSA) is 32.3 Å². The van der Waals surface area contributed by atoms with Crippen molar-refractivity contribution in [2.45, 2.75) is 37.7 Å². The van der Waals surface area contributed by atoms with Gasteiger partial charge in [0.2, 0.25) is 0 Å². The van der Waals surface area contributed by atoms with E-state index >= 15 is 0 Å². The first-order valence-electron chi connectivity index (χ1n) is 5.79. The maximum atomic E-state index is 10.4. The van der Waals surface area contributed by atoms with E-state index in [-0.39, 0.29) is 5.60 Å². The fourth-order valence-electron chi connectivity index (χ4n) is 2.63. The van der Waals surface area contributed by atoms with Gasteiger partial charge >= 0.3 is 0 Å². The largest absolute Gasteiger partial charge is 0.389 e. The first kappa shape index (κ1) is 10.8. The van der Waals surface area contributed by atoms with Gasteiger partial charge in [0.15, 0.2) is 0 Å². The summed E-state index contributed by atoms with van der Waals surface area (Å²) in [4.78, 5) is 0. The minimum atomic E-state index is -0.388. The molecule has 0 saturated carbocycles. The molecule has 0 spiro atoms. The Kier molecular flexibility index (Phi) is 3.74. The van der Waals surface area contributed by atoms with Gasteiger partial charge in [0.25, 0.3) is 0 Å². The molecule has 2 rings (SSSR count). The van der Waals surface area contributed by atoms with Crippen molar-refractivity contribution in [2.24, 2.45) is 5.92 Å². The van der Waals surface area contributed by atoms with Gasteiger partial charge in [-0.1, -0.05) is 0 Å². The van der Waals surface area contributed by atoms with Crippen LogP contribution in [0.5, 0.6) is 0 Å². The van der Waals surface area contributed by atoms with Crippen molar-refractivity contribution in [1.82, 2.24) is 5.32 Å². The molecule has 0 amide bonds. The fourth-order valence-corrected chi connectivity index (χ4v) is 3.79. The SMILES string of the molecule is OC1(CC2CCCSC2)CCCNC1. The van der Waals surface area contributed by atoms with Gasteiger partial charge in [-0.3, -0.25) is 0 Å². The summed E-state index contributed by atoms with van der Waals surface area (Å²) in [6.45, 7) is 1.90. The molecular formula is C11H21NOS. The van der Waals surface area contributed by atoms with E-state index in [2.05, 4.69) is 17.1 Å².